The third-order valence-corrected chi connectivity index (χ3v) is 3.67. The van der Waals surface area contributed by atoms with Crippen molar-refractivity contribution in [3.05, 3.63) is 48.5 Å². The van der Waals surface area contributed by atoms with Gasteiger partial charge in [0.1, 0.15) is 0 Å². The molecule has 0 saturated heterocycles. The first-order valence-electron chi connectivity index (χ1n) is 8.13. The van der Waals surface area contributed by atoms with Crippen molar-refractivity contribution in [2.75, 3.05) is 21.3 Å². The van der Waals surface area contributed by atoms with Crippen LogP contribution in [0.5, 0.6) is 0 Å². The third-order valence-electron chi connectivity index (χ3n) is 3.67. The molecule has 27 heavy (non-hydrogen) atoms. The fraction of sp³-hybridized carbons (Fsp3) is 0.176. The first-order valence-corrected chi connectivity index (χ1v) is 8.13. The molecule has 4 N–H and O–H groups in total. The SMILES string of the molecule is Cc1ccc(NC(=O)Nc2cnn(C)c2)cc1NC(=O)Nc1cnn(C)c1. The molecule has 0 aliphatic rings. The van der Waals surface area contributed by atoms with Crippen molar-refractivity contribution in [3.8, 4) is 0 Å². The fourth-order valence-electron chi connectivity index (χ4n) is 2.38. The highest BCUT2D eigenvalue weighted by Crippen LogP contribution is 2.21. The number of nitrogens with zero attached hydrogens (tertiary/aromatic N) is 4. The topological polar surface area (TPSA) is 118 Å². The maximum absolute atomic E-state index is 12.2. The van der Waals surface area contributed by atoms with Crippen LogP contribution in [0.25, 0.3) is 0 Å². The highest BCUT2D eigenvalue weighted by molar-refractivity contribution is 6.02. The number of anilines is 4. The Morgan fingerprint density at radius 3 is 1.85 bits per heavy atom. The van der Waals surface area contributed by atoms with Crippen molar-refractivity contribution in [1.82, 2.24) is 19.6 Å². The minimum atomic E-state index is -0.405. The van der Waals surface area contributed by atoms with Gasteiger partial charge in [0, 0.05) is 37.9 Å². The largest absolute Gasteiger partial charge is 0.323 e. The summed E-state index contributed by atoms with van der Waals surface area (Å²) in [5, 5.41) is 18.8. The number of amides is 4. The summed E-state index contributed by atoms with van der Waals surface area (Å²) in [4.78, 5) is 24.2. The van der Waals surface area contributed by atoms with Crippen LogP contribution in [0, 0.1) is 6.92 Å². The van der Waals surface area contributed by atoms with E-state index in [1.54, 1.807) is 66.4 Å². The Labute approximate surface area is 155 Å². The number of rotatable bonds is 4. The molecule has 2 heterocycles. The van der Waals surface area contributed by atoms with Gasteiger partial charge in [-0.05, 0) is 24.6 Å². The number of urea groups is 2. The number of carbonyl (C=O) groups is 2. The highest BCUT2D eigenvalue weighted by Gasteiger charge is 2.09. The van der Waals surface area contributed by atoms with E-state index in [0.29, 0.717) is 22.7 Å². The van der Waals surface area contributed by atoms with Gasteiger partial charge < -0.3 is 21.3 Å². The number of carbonyl (C=O) groups excluding carboxylic acids is 2. The zero-order valence-electron chi connectivity index (χ0n) is 15.1. The van der Waals surface area contributed by atoms with E-state index in [-0.39, 0.29) is 0 Å². The van der Waals surface area contributed by atoms with Crippen molar-refractivity contribution in [2.24, 2.45) is 14.1 Å². The average molecular weight is 368 g/mol. The Balaban J connectivity index is 1.62. The van der Waals surface area contributed by atoms with Crippen LogP contribution in [-0.4, -0.2) is 31.6 Å². The normalized spacial score (nSPS) is 10.3. The summed E-state index contributed by atoms with van der Waals surface area (Å²) in [6, 6.07) is 4.43. The van der Waals surface area contributed by atoms with Gasteiger partial charge >= 0.3 is 12.1 Å². The molecule has 0 bridgehead atoms. The van der Waals surface area contributed by atoms with Crippen LogP contribution in [0.4, 0.5) is 32.3 Å². The van der Waals surface area contributed by atoms with E-state index in [1.165, 1.54) is 0 Å². The van der Waals surface area contributed by atoms with Crippen molar-refractivity contribution < 1.29 is 9.59 Å². The highest BCUT2D eigenvalue weighted by atomic mass is 16.2. The van der Waals surface area contributed by atoms with Crippen molar-refractivity contribution in [3.63, 3.8) is 0 Å². The molecule has 1 aromatic carbocycles. The molecular formula is C17H20N8O2. The van der Waals surface area contributed by atoms with Crippen molar-refractivity contribution in [1.29, 1.82) is 0 Å². The van der Waals surface area contributed by atoms with Gasteiger partial charge in [0.2, 0.25) is 0 Å². The summed E-state index contributed by atoms with van der Waals surface area (Å²) in [6.07, 6.45) is 6.47. The van der Waals surface area contributed by atoms with Gasteiger partial charge in [-0.1, -0.05) is 6.07 Å². The Morgan fingerprint density at radius 1 is 0.815 bits per heavy atom. The fourth-order valence-corrected chi connectivity index (χ4v) is 2.38. The summed E-state index contributed by atoms with van der Waals surface area (Å²) in [6.45, 7) is 1.86. The van der Waals surface area contributed by atoms with E-state index in [9.17, 15) is 9.59 Å². The lowest BCUT2D eigenvalue weighted by Gasteiger charge is -2.12. The van der Waals surface area contributed by atoms with Crippen LogP contribution in [-0.2, 0) is 14.1 Å². The zero-order valence-corrected chi connectivity index (χ0v) is 15.1. The monoisotopic (exact) mass is 368 g/mol. The van der Waals surface area contributed by atoms with Crippen LogP contribution in [0.2, 0.25) is 0 Å². The number of aryl methyl sites for hydroxylation is 3. The smallest absolute Gasteiger partial charge is 0.308 e. The molecule has 0 aliphatic heterocycles. The minimum Gasteiger partial charge on any atom is -0.308 e. The van der Waals surface area contributed by atoms with E-state index in [2.05, 4.69) is 31.5 Å². The van der Waals surface area contributed by atoms with Gasteiger partial charge in [0.25, 0.3) is 0 Å². The number of hydrogen-bond donors (Lipinski definition) is 4. The summed E-state index contributed by atoms with van der Waals surface area (Å²) in [5.41, 5.74) is 3.14. The number of hydrogen-bond acceptors (Lipinski definition) is 4. The predicted molar refractivity (Wildman–Crippen MR) is 103 cm³/mol. The van der Waals surface area contributed by atoms with E-state index in [4.69, 9.17) is 0 Å². The van der Waals surface area contributed by atoms with Gasteiger partial charge in [-0.2, -0.15) is 10.2 Å². The molecular weight excluding hydrogens is 348 g/mol. The van der Waals surface area contributed by atoms with Crippen LogP contribution in [0.15, 0.2) is 43.0 Å². The van der Waals surface area contributed by atoms with Gasteiger partial charge in [-0.25, -0.2) is 9.59 Å². The molecule has 3 aromatic rings. The molecule has 140 valence electrons. The number of aromatic nitrogens is 4. The summed E-state index contributed by atoms with van der Waals surface area (Å²) in [7, 11) is 3.52. The van der Waals surface area contributed by atoms with Crippen LogP contribution in [0.1, 0.15) is 5.56 Å². The standard InChI is InChI=1S/C17H20N8O2/c1-11-4-5-12(20-16(26)21-13-7-18-24(2)9-13)6-15(11)23-17(27)22-14-8-19-25(3)10-14/h4-10H,1-3H3,(H2,20,21,26)(H2,22,23,27). The third kappa shape index (κ3) is 4.84. The van der Waals surface area contributed by atoms with Crippen LogP contribution in [0.3, 0.4) is 0 Å². The summed E-state index contributed by atoms with van der Waals surface area (Å²) < 4.78 is 3.18. The lowest BCUT2D eigenvalue weighted by atomic mass is 10.2. The van der Waals surface area contributed by atoms with Gasteiger partial charge in [0.05, 0.1) is 23.8 Å². The first kappa shape index (κ1) is 18.0. The molecule has 10 nitrogen and oxygen atoms in total. The molecule has 10 heteroatoms. The molecule has 4 amide bonds. The molecule has 0 saturated carbocycles. The quantitative estimate of drug-likeness (QED) is 0.566. The summed E-state index contributed by atoms with van der Waals surface area (Å²) in [5.74, 6) is 0. The van der Waals surface area contributed by atoms with E-state index < -0.39 is 12.1 Å². The Hall–Kier alpha value is -3.82. The molecule has 0 radical (unpaired) electrons. The maximum atomic E-state index is 12.2. The molecule has 2 aromatic heterocycles. The van der Waals surface area contributed by atoms with Crippen LogP contribution < -0.4 is 21.3 Å². The predicted octanol–water partition coefficient (Wildman–Crippen LogP) is 2.75. The lowest BCUT2D eigenvalue weighted by Crippen LogP contribution is -2.21. The molecule has 0 spiro atoms. The second-order valence-electron chi connectivity index (χ2n) is 5.99. The van der Waals surface area contributed by atoms with Gasteiger partial charge in [0.15, 0.2) is 0 Å². The molecule has 0 atom stereocenters. The Kier molecular flexibility index (Phi) is 5.06. The molecule has 0 fully saturated rings. The lowest BCUT2D eigenvalue weighted by molar-refractivity contribution is 0.261. The molecule has 0 aliphatic carbocycles. The van der Waals surface area contributed by atoms with E-state index >= 15 is 0 Å². The second-order valence-corrected chi connectivity index (χ2v) is 5.99. The zero-order chi connectivity index (χ0) is 19.4. The Bertz CT molecular complexity index is 975. The maximum Gasteiger partial charge on any atom is 0.323 e. The van der Waals surface area contributed by atoms with Crippen molar-refractivity contribution >= 4 is 34.8 Å². The number of nitrogens with one attached hydrogen (secondary N) is 4. The van der Waals surface area contributed by atoms with Crippen molar-refractivity contribution in [2.45, 2.75) is 6.92 Å². The summed E-state index contributed by atoms with van der Waals surface area (Å²) >= 11 is 0. The second kappa shape index (κ2) is 7.60. The van der Waals surface area contributed by atoms with Gasteiger partial charge in [-0.15, -0.1) is 0 Å². The minimum absolute atomic E-state index is 0.400. The van der Waals surface area contributed by atoms with Gasteiger partial charge in [-0.3, -0.25) is 9.36 Å². The molecule has 3 rings (SSSR count). The average Bonchev–Trinajstić information content (AvgIpc) is 3.18. The molecule has 0 unspecified atom stereocenters. The number of benzene rings is 1. The Morgan fingerprint density at radius 2 is 1.33 bits per heavy atom. The van der Waals surface area contributed by atoms with E-state index in [0.717, 1.165) is 5.56 Å². The van der Waals surface area contributed by atoms with E-state index in [1.807, 2.05) is 6.92 Å². The van der Waals surface area contributed by atoms with Crippen LogP contribution >= 0.6 is 0 Å². The first-order chi connectivity index (χ1) is 12.9.